The van der Waals surface area contributed by atoms with Crippen molar-refractivity contribution in [3.05, 3.63) is 63.6 Å². The molecule has 3 amide bonds. The molecule has 3 N–H and O–H groups in total. The molecule has 198 valence electrons. The molecule has 2 atom stereocenters. The van der Waals surface area contributed by atoms with E-state index in [0.29, 0.717) is 11.3 Å². The molecule has 9 nitrogen and oxygen atoms in total. The maximum absolute atomic E-state index is 13.1. The molecular formula is C25H27Cl2N3O6S. The molecule has 2 aromatic rings. The van der Waals surface area contributed by atoms with Crippen molar-refractivity contribution in [3.8, 4) is 0 Å². The van der Waals surface area contributed by atoms with Crippen LogP contribution < -0.4 is 10.6 Å². The molecule has 1 heterocycles. The quantitative estimate of drug-likeness (QED) is 0.423. The summed E-state index contributed by atoms with van der Waals surface area (Å²) in [4.78, 5) is 51.3. The first-order valence-corrected chi connectivity index (χ1v) is 13.1. The third kappa shape index (κ3) is 6.88. The lowest BCUT2D eigenvalue weighted by molar-refractivity contribution is -0.142. The average Bonchev–Trinajstić information content (AvgIpc) is 3.15. The van der Waals surface area contributed by atoms with Crippen LogP contribution in [0.3, 0.4) is 0 Å². The Labute approximate surface area is 228 Å². The second-order valence-corrected chi connectivity index (χ2v) is 11.2. The van der Waals surface area contributed by atoms with E-state index < -0.39 is 40.7 Å². The highest BCUT2D eigenvalue weighted by atomic mass is 35.5. The van der Waals surface area contributed by atoms with Crippen molar-refractivity contribution in [3.63, 3.8) is 0 Å². The van der Waals surface area contributed by atoms with Gasteiger partial charge in [0.1, 0.15) is 12.1 Å². The Hall–Kier alpha value is -2.95. The number of halogens is 2. The topological polar surface area (TPSA) is 125 Å². The van der Waals surface area contributed by atoms with Crippen LogP contribution in [-0.4, -0.2) is 63.2 Å². The first-order valence-electron chi connectivity index (χ1n) is 11.4. The summed E-state index contributed by atoms with van der Waals surface area (Å²) < 4.78 is 4.43. The average molecular weight is 568 g/mol. The van der Waals surface area contributed by atoms with Gasteiger partial charge in [0.25, 0.3) is 5.91 Å². The molecule has 1 aliphatic rings. The van der Waals surface area contributed by atoms with E-state index >= 15 is 0 Å². The molecule has 0 bridgehead atoms. The normalized spacial score (nSPS) is 17.1. The van der Waals surface area contributed by atoms with Gasteiger partial charge in [-0.3, -0.25) is 14.5 Å². The molecule has 2 aromatic carbocycles. The van der Waals surface area contributed by atoms with Crippen molar-refractivity contribution in [2.24, 2.45) is 0 Å². The zero-order chi connectivity index (χ0) is 27.3. The summed E-state index contributed by atoms with van der Waals surface area (Å²) in [6.45, 7) is 5.47. The van der Waals surface area contributed by atoms with E-state index in [1.165, 1.54) is 16.7 Å². The Morgan fingerprint density at radius 1 is 1.14 bits per heavy atom. The number of nitrogens with one attached hydrogen (secondary N) is 2. The van der Waals surface area contributed by atoms with Gasteiger partial charge in [-0.1, -0.05) is 41.4 Å². The van der Waals surface area contributed by atoms with Crippen molar-refractivity contribution in [2.45, 2.75) is 44.0 Å². The van der Waals surface area contributed by atoms with Gasteiger partial charge in [-0.05, 0) is 50.6 Å². The largest absolute Gasteiger partial charge is 0.480 e. The molecule has 3 rings (SSSR count). The number of carbonyl (C=O) groups is 4. The van der Waals surface area contributed by atoms with Crippen molar-refractivity contribution in [2.75, 3.05) is 17.8 Å². The van der Waals surface area contributed by atoms with E-state index in [9.17, 15) is 24.3 Å². The van der Waals surface area contributed by atoms with Gasteiger partial charge in [0.2, 0.25) is 5.91 Å². The number of thioether (sulfide) groups is 1. The number of benzene rings is 2. The van der Waals surface area contributed by atoms with Crippen LogP contribution in [0.15, 0.2) is 42.5 Å². The highest BCUT2D eigenvalue weighted by Gasteiger charge is 2.49. The van der Waals surface area contributed by atoms with Crippen LogP contribution in [0.25, 0.3) is 0 Å². The fourth-order valence-electron chi connectivity index (χ4n) is 3.91. The van der Waals surface area contributed by atoms with Gasteiger partial charge in [-0.25, -0.2) is 9.59 Å². The molecule has 0 aliphatic carbocycles. The van der Waals surface area contributed by atoms with Crippen LogP contribution in [-0.2, 0) is 20.7 Å². The fourth-order valence-corrected chi connectivity index (χ4v) is 5.59. The summed E-state index contributed by atoms with van der Waals surface area (Å²) in [7, 11) is 0. The highest BCUT2D eigenvalue weighted by molar-refractivity contribution is 8.00. The van der Waals surface area contributed by atoms with Crippen molar-refractivity contribution in [1.82, 2.24) is 10.2 Å². The maximum atomic E-state index is 13.1. The fraction of sp³-hybridized carbons (Fsp3) is 0.360. The third-order valence-electron chi connectivity index (χ3n) is 5.75. The standard InChI is InChI=1S/C25H27Cl2N3O6S/c1-4-36-24(35)30-13-37-25(2,3)20(30)22(32)29-18(23(33)34)12-14-8-10-15(11-9-14)28-21(31)19-16(26)6-5-7-17(19)27/h5-11,18,20H,4,12-13H2,1-3H3,(H,28,31)(H,29,32)(H,33,34)/t18-,20-/m0/s1. The van der Waals surface area contributed by atoms with Crippen molar-refractivity contribution < 1.29 is 29.0 Å². The Morgan fingerprint density at radius 3 is 2.32 bits per heavy atom. The van der Waals surface area contributed by atoms with Crippen LogP contribution >= 0.6 is 35.0 Å². The predicted octanol–water partition coefficient (Wildman–Crippen LogP) is 4.67. The zero-order valence-electron chi connectivity index (χ0n) is 20.4. The number of aliphatic carboxylic acids is 1. The lowest BCUT2D eigenvalue weighted by Crippen LogP contribution is -2.56. The number of ether oxygens (including phenoxy) is 1. The summed E-state index contributed by atoms with van der Waals surface area (Å²) in [5, 5.41) is 15.5. The summed E-state index contributed by atoms with van der Waals surface area (Å²) in [6, 6.07) is 9.13. The molecular weight excluding hydrogens is 541 g/mol. The molecule has 12 heteroatoms. The number of rotatable bonds is 8. The Balaban J connectivity index is 1.69. The third-order valence-corrected chi connectivity index (χ3v) is 7.76. The minimum Gasteiger partial charge on any atom is -0.480 e. The number of carboxylic acids is 1. The smallest absolute Gasteiger partial charge is 0.411 e. The van der Waals surface area contributed by atoms with Crippen molar-refractivity contribution in [1.29, 1.82) is 0 Å². The number of carboxylic acid groups (broad SMARTS) is 1. The number of hydrogen-bond acceptors (Lipinski definition) is 6. The molecule has 0 aromatic heterocycles. The van der Waals surface area contributed by atoms with E-state index in [1.54, 1.807) is 49.4 Å². The Bertz CT molecular complexity index is 1170. The summed E-state index contributed by atoms with van der Waals surface area (Å²) in [5.74, 6) is -2.02. The first-order chi connectivity index (χ1) is 17.4. The van der Waals surface area contributed by atoms with E-state index in [1.807, 2.05) is 13.8 Å². The monoisotopic (exact) mass is 567 g/mol. The van der Waals surface area contributed by atoms with Gasteiger partial charge in [0.15, 0.2) is 0 Å². The minimum atomic E-state index is -1.24. The molecule has 0 saturated carbocycles. The minimum absolute atomic E-state index is 0.00859. The van der Waals surface area contributed by atoms with Gasteiger partial charge < -0.3 is 20.5 Å². The highest BCUT2D eigenvalue weighted by Crippen LogP contribution is 2.39. The lowest BCUT2D eigenvalue weighted by atomic mass is 9.99. The summed E-state index contributed by atoms with van der Waals surface area (Å²) in [6.07, 6.45) is -0.631. The van der Waals surface area contributed by atoms with Gasteiger partial charge >= 0.3 is 12.1 Å². The van der Waals surface area contributed by atoms with Gasteiger partial charge in [-0.15, -0.1) is 11.8 Å². The second-order valence-electron chi connectivity index (χ2n) is 8.80. The first kappa shape index (κ1) is 28.6. The van der Waals surface area contributed by atoms with Crippen LogP contribution in [0.1, 0.15) is 36.7 Å². The van der Waals surface area contributed by atoms with E-state index in [-0.39, 0.29) is 34.5 Å². The van der Waals surface area contributed by atoms with Crippen molar-refractivity contribution >= 4 is 64.5 Å². The Kier molecular flexibility index (Phi) is 9.33. The Morgan fingerprint density at radius 2 is 1.76 bits per heavy atom. The number of amides is 3. The van der Waals surface area contributed by atoms with Gasteiger partial charge in [-0.2, -0.15) is 0 Å². The molecule has 0 radical (unpaired) electrons. The molecule has 1 saturated heterocycles. The maximum Gasteiger partial charge on any atom is 0.411 e. The van der Waals surface area contributed by atoms with Gasteiger partial charge in [0.05, 0.1) is 28.1 Å². The number of hydrogen-bond donors (Lipinski definition) is 3. The molecule has 0 unspecified atom stereocenters. The van der Waals surface area contributed by atoms with Crippen LogP contribution in [0.2, 0.25) is 10.0 Å². The molecule has 0 spiro atoms. The number of anilines is 1. The van der Waals surface area contributed by atoms with E-state index in [2.05, 4.69) is 10.6 Å². The number of nitrogens with zero attached hydrogens (tertiary/aromatic N) is 1. The van der Waals surface area contributed by atoms with E-state index in [0.717, 1.165) is 0 Å². The second kappa shape index (κ2) is 12.1. The summed E-state index contributed by atoms with van der Waals surface area (Å²) in [5.41, 5.74) is 1.22. The molecule has 37 heavy (non-hydrogen) atoms. The van der Waals surface area contributed by atoms with Crippen LogP contribution in [0.5, 0.6) is 0 Å². The van der Waals surface area contributed by atoms with Crippen LogP contribution in [0, 0.1) is 0 Å². The molecule has 1 aliphatic heterocycles. The SMILES string of the molecule is CCOC(=O)N1CSC(C)(C)[C@@H]1C(=O)N[C@@H](Cc1ccc(NC(=O)c2c(Cl)cccc2Cl)cc1)C(=O)O. The zero-order valence-corrected chi connectivity index (χ0v) is 22.7. The molecule has 1 fully saturated rings. The van der Waals surface area contributed by atoms with E-state index in [4.69, 9.17) is 27.9 Å². The number of carbonyl (C=O) groups excluding carboxylic acids is 3. The summed E-state index contributed by atoms with van der Waals surface area (Å²) >= 11 is 13.6. The van der Waals surface area contributed by atoms with Crippen LogP contribution in [0.4, 0.5) is 10.5 Å². The lowest BCUT2D eigenvalue weighted by Gasteiger charge is -2.30. The van der Waals surface area contributed by atoms with Gasteiger partial charge in [0, 0.05) is 16.9 Å². The predicted molar refractivity (Wildman–Crippen MR) is 143 cm³/mol.